The standard InChI is InChI=1S/C10H20O/c1-7-4-8(2)9(3)10(5-7)6-11/h7-11H,4-6H2,1-3H3. The van der Waals surface area contributed by atoms with Crippen LogP contribution in [0.3, 0.4) is 0 Å². The quantitative estimate of drug-likeness (QED) is 0.617. The van der Waals surface area contributed by atoms with Gasteiger partial charge in [-0.25, -0.2) is 0 Å². The summed E-state index contributed by atoms with van der Waals surface area (Å²) in [6.45, 7) is 7.27. The summed E-state index contributed by atoms with van der Waals surface area (Å²) >= 11 is 0. The van der Waals surface area contributed by atoms with Crippen molar-refractivity contribution in [2.75, 3.05) is 6.61 Å². The van der Waals surface area contributed by atoms with Crippen LogP contribution in [0.2, 0.25) is 0 Å². The van der Waals surface area contributed by atoms with Crippen LogP contribution in [0.1, 0.15) is 33.6 Å². The van der Waals surface area contributed by atoms with Gasteiger partial charge in [-0.05, 0) is 36.5 Å². The molecule has 0 amide bonds. The van der Waals surface area contributed by atoms with Gasteiger partial charge in [0.2, 0.25) is 0 Å². The first-order valence-corrected chi connectivity index (χ1v) is 4.76. The molecule has 1 heteroatoms. The fourth-order valence-corrected chi connectivity index (χ4v) is 2.38. The topological polar surface area (TPSA) is 20.2 Å². The van der Waals surface area contributed by atoms with Crippen molar-refractivity contribution >= 4 is 0 Å². The Morgan fingerprint density at radius 3 is 2.36 bits per heavy atom. The summed E-state index contributed by atoms with van der Waals surface area (Å²) < 4.78 is 0. The van der Waals surface area contributed by atoms with E-state index in [-0.39, 0.29) is 0 Å². The SMILES string of the molecule is CC1CC(C)C(C)C(CO)C1. The fourth-order valence-electron chi connectivity index (χ4n) is 2.38. The van der Waals surface area contributed by atoms with E-state index < -0.39 is 0 Å². The zero-order chi connectivity index (χ0) is 8.43. The number of rotatable bonds is 1. The van der Waals surface area contributed by atoms with Gasteiger partial charge >= 0.3 is 0 Å². The molecule has 0 radical (unpaired) electrons. The lowest BCUT2D eigenvalue weighted by atomic mass is 9.70. The van der Waals surface area contributed by atoms with Gasteiger partial charge in [0.1, 0.15) is 0 Å². The molecule has 66 valence electrons. The molecule has 0 aliphatic heterocycles. The molecule has 1 N–H and O–H groups in total. The molecular formula is C10H20O. The van der Waals surface area contributed by atoms with Gasteiger partial charge in [-0.2, -0.15) is 0 Å². The second kappa shape index (κ2) is 3.57. The summed E-state index contributed by atoms with van der Waals surface area (Å²) in [6, 6.07) is 0. The minimum atomic E-state index is 0.385. The van der Waals surface area contributed by atoms with Gasteiger partial charge in [0, 0.05) is 6.61 Å². The van der Waals surface area contributed by atoms with Crippen molar-refractivity contribution in [1.29, 1.82) is 0 Å². The lowest BCUT2D eigenvalue weighted by Crippen LogP contribution is -2.30. The van der Waals surface area contributed by atoms with Crippen LogP contribution in [-0.4, -0.2) is 11.7 Å². The highest BCUT2D eigenvalue weighted by Gasteiger charge is 2.29. The van der Waals surface area contributed by atoms with Crippen molar-refractivity contribution in [3.63, 3.8) is 0 Å². The molecule has 1 nitrogen and oxygen atoms in total. The smallest absolute Gasteiger partial charge is 0.0462 e. The number of aliphatic hydroxyl groups excluding tert-OH is 1. The number of hydrogen-bond acceptors (Lipinski definition) is 1. The van der Waals surface area contributed by atoms with Gasteiger partial charge in [-0.1, -0.05) is 20.8 Å². The maximum absolute atomic E-state index is 9.10. The van der Waals surface area contributed by atoms with Crippen molar-refractivity contribution in [3.05, 3.63) is 0 Å². The normalized spacial score (nSPS) is 45.8. The van der Waals surface area contributed by atoms with Crippen LogP contribution in [0, 0.1) is 23.7 Å². The van der Waals surface area contributed by atoms with E-state index in [4.69, 9.17) is 5.11 Å². The molecule has 0 aromatic rings. The monoisotopic (exact) mass is 156 g/mol. The van der Waals surface area contributed by atoms with Crippen molar-refractivity contribution in [1.82, 2.24) is 0 Å². The second-order valence-corrected chi connectivity index (χ2v) is 4.36. The molecule has 4 unspecified atom stereocenters. The third-order valence-corrected chi connectivity index (χ3v) is 3.35. The summed E-state index contributed by atoms with van der Waals surface area (Å²) in [5, 5.41) is 9.10. The molecule has 0 aromatic carbocycles. The van der Waals surface area contributed by atoms with Crippen molar-refractivity contribution in [2.24, 2.45) is 23.7 Å². The predicted octanol–water partition coefficient (Wildman–Crippen LogP) is 2.30. The average Bonchev–Trinajstić information content (AvgIpc) is 1.96. The minimum absolute atomic E-state index is 0.385. The molecule has 4 atom stereocenters. The highest BCUT2D eigenvalue weighted by atomic mass is 16.3. The largest absolute Gasteiger partial charge is 0.396 e. The average molecular weight is 156 g/mol. The zero-order valence-electron chi connectivity index (χ0n) is 7.88. The molecule has 0 bridgehead atoms. The third kappa shape index (κ3) is 1.96. The molecule has 0 spiro atoms. The van der Waals surface area contributed by atoms with Crippen LogP contribution in [0.15, 0.2) is 0 Å². The Morgan fingerprint density at radius 2 is 1.82 bits per heavy atom. The molecule has 1 rings (SSSR count). The van der Waals surface area contributed by atoms with Gasteiger partial charge in [0.25, 0.3) is 0 Å². The molecule has 1 aliphatic carbocycles. The van der Waals surface area contributed by atoms with Crippen LogP contribution >= 0.6 is 0 Å². The summed E-state index contributed by atoms with van der Waals surface area (Å²) in [5.41, 5.74) is 0. The lowest BCUT2D eigenvalue weighted by molar-refractivity contribution is 0.0811. The first kappa shape index (κ1) is 9.05. The van der Waals surface area contributed by atoms with Crippen LogP contribution in [0.5, 0.6) is 0 Å². The number of hydrogen-bond donors (Lipinski definition) is 1. The first-order chi connectivity index (χ1) is 5.15. The Kier molecular flexibility index (Phi) is 2.94. The zero-order valence-corrected chi connectivity index (χ0v) is 7.88. The molecule has 1 aliphatic rings. The van der Waals surface area contributed by atoms with Gasteiger partial charge in [-0.15, -0.1) is 0 Å². The Morgan fingerprint density at radius 1 is 1.18 bits per heavy atom. The second-order valence-electron chi connectivity index (χ2n) is 4.36. The predicted molar refractivity (Wildman–Crippen MR) is 47.3 cm³/mol. The maximum Gasteiger partial charge on any atom is 0.0462 e. The molecular weight excluding hydrogens is 136 g/mol. The Hall–Kier alpha value is -0.0400. The van der Waals surface area contributed by atoms with Gasteiger partial charge in [0.05, 0.1) is 0 Å². The number of aliphatic hydroxyl groups is 1. The molecule has 1 saturated carbocycles. The minimum Gasteiger partial charge on any atom is -0.396 e. The summed E-state index contributed by atoms with van der Waals surface area (Å²) in [5.74, 6) is 2.90. The molecule has 0 saturated heterocycles. The van der Waals surface area contributed by atoms with E-state index in [1.165, 1.54) is 12.8 Å². The van der Waals surface area contributed by atoms with E-state index in [0.717, 1.165) is 17.8 Å². The molecule has 11 heavy (non-hydrogen) atoms. The van der Waals surface area contributed by atoms with Crippen LogP contribution in [0.4, 0.5) is 0 Å². The fraction of sp³-hybridized carbons (Fsp3) is 1.00. The van der Waals surface area contributed by atoms with Crippen LogP contribution in [-0.2, 0) is 0 Å². The van der Waals surface area contributed by atoms with Crippen LogP contribution in [0.25, 0.3) is 0 Å². The summed E-state index contributed by atoms with van der Waals surface area (Å²) in [6.07, 6.45) is 2.57. The van der Waals surface area contributed by atoms with E-state index in [1.807, 2.05) is 0 Å². The Balaban J connectivity index is 2.51. The first-order valence-electron chi connectivity index (χ1n) is 4.76. The molecule has 1 fully saturated rings. The highest BCUT2D eigenvalue weighted by molar-refractivity contribution is 4.79. The highest BCUT2D eigenvalue weighted by Crippen LogP contribution is 2.37. The molecule has 0 heterocycles. The van der Waals surface area contributed by atoms with Crippen molar-refractivity contribution in [2.45, 2.75) is 33.6 Å². The molecule has 0 aromatic heterocycles. The Bertz CT molecular complexity index is 122. The Labute approximate surface area is 69.8 Å². The summed E-state index contributed by atoms with van der Waals surface area (Å²) in [4.78, 5) is 0. The van der Waals surface area contributed by atoms with Crippen LogP contribution < -0.4 is 0 Å². The lowest BCUT2D eigenvalue weighted by Gasteiger charge is -2.36. The van der Waals surface area contributed by atoms with Crippen molar-refractivity contribution < 1.29 is 5.11 Å². The van der Waals surface area contributed by atoms with E-state index in [2.05, 4.69) is 20.8 Å². The third-order valence-electron chi connectivity index (χ3n) is 3.35. The van der Waals surface area contributed by atoms with E-state index >= 15 is 0 Å². The summed E-state index contributed by atoms with van der Waals surface area (Å²) in [7, 11) is 0. The van der Waals surface area contributed by atoms with E-state index in [9.17, 15) is 0 Å². The van der Waals surface area contributed by atoms with Gasteiger partial charge in [-0.3, -0.25) is 0 Å². The van der Waals surface area contributed by atoms with Gasteiger partial charge < -0.3 is 5.11 Å². The van der Waals surface area contributed by atoms with Crippen molar-refractivity contribution in [3.8, 4) is 0 Å². The maximum atomic E-state index is 9.10. The van der Waals surface area contributed by atoms with E-state index in [0.29, 0.717) is 12.5 Å². The van der Waals surface area contributed by atoms with Gasteiger partial charge in [0.15, 0.2) is 0 Å². The van der Waals surface area contributed by atoms with E-state index in [1.54, 1.807) is 0 Å².